The molecule has 30 heavy (non-hydrogen) atoms. The number of aromatic nitrogens is 3. The maximum absolute atomic E-state index is 13.4. The van der Waals surface area contributed by atoms with E-state index in [0.29, 0.717) is 23.9 Å². The third-order valence-electron chi connectivity index (χ3n) is 5.87. The van der Waals surface area contributed by atoms with Crippen molar-refractivity contribution in [1.29, 1.82) is 0 Å². The topological polar surface area (TPSA) is 78.3 Å². The van der Waals surface area contributed by atoms with Crippen LogP contribution in [0.5, 0.6) is 11.5 Å². The van der Waals surface area contributed by atoms with Crippen LogP contribution in [0.4, 0.5) is 5.95 Å². The van der Waals surface area contributed by atoms with Crippen molar-refractivity contribution in [3.63, 3.8) is 0 Å². The van der Waals surface area contributed by atoms with Crippen molar-refractivity contribution < 1.29 is 14.3 Å². The number of methoxy groups -OCH3 is 2. The summed E-state index contributed by atoms with van der Waals surface area (Å²) in [6.07, 6.45) is 4.12. The summed E-state index contributed by atoms with van der Waals surface area (Å²) in [5.41, 5.74) is 2.93. The molecule has 2 aromatic carbocycles. The summed E-state index contributed by atoms with van der Waals surface area (Å²) >= 11 is 0. The molecule has 1 aliphatic heterocycles. The van der Waals surface area contributed by atoms with E-state index in [4.69, 9.17) is 9.47 Å². The molecule has 2 aliphatic rings. The first-order valence-electron chi connectivity index (χ1n) is 9.87. The lowest BCUT2D eigenvalue weighted by atomic mass is 9.75. The van der Waals surface area contributed by atoms with E-state index >= 15 is 0 Å². The largest absolute Gasteiger partial charge is 0.493 e. The van der Waals surface area contributed by atoms with E-state index in [0.717, 1.165) is 16.8 Å². The second-order valence-corrected chi connectivity index (χ2v) is 7.50. The number of ketones is 1. The third-order valence-corrected chi connectivity index (χ3v) is 5.87. The minimum absolute atomic E-state index is 0.0398. The second kappa shape index (κ2) is 7.33. The molecule has 1 N–H and O–H groups in total. The maximum Gasteiger partial charge on any atom is 0.226 e. The number of benzene rings is 2. The fraction of sp³-hybridized carbons (Fsp3) is 0.261. The van der Waals surface area contributed by atoms with Gasteiger partial charge in [-0.2, -0.15) is 10.1 Å². The SMILES string of the molecule is COc1ccc([C@@H]2[C@H]3C(=O)C[C@H](c4ccccc4)C=C3Nc3ncnn32)cc1OC. The van der Waals surface area contributed by atoms with Crippen LogP contribution in [0, 0.1) is 5.92 Å². The standard InChI is InChI=1S/C23H22N4O3/c1-29-19-9-8-15(12-20(19)30-2)22-21-17(26-23-24-13-25-27(22)23)10-16(11-18(21)28)14-6-4-3-5-7-14/h3-10,12-13,16,21-22H,11H2,1-2H3,(H,24,25,26)/t16-,21-,22-/m1/s1. The Morgan fingerprint density at radius 1 is 1.03 bits per heavy atom. The Hall–Kier alpha value is -3.61. The van der Waals surface area contributed by atoms with Gasteiger partial charge >= 0.3 is 0 Å². The number of ether oxygens (including phenoxy) is 2. The molecule has 0 saturated heterocycles. The van der Waals surface area contributed by atoms with Crippen molar-refractivity contribution >= 4 is 11.7 Å². The molecule has 1 aromatic heterocycles. The van der Waals surface area contributed by atoms with Crippen molar-refractivity contribution in [2.75, 3.05) is 19.5 Å². The second-order valence-electron chi connectivity index (χ2n) is 7.50. The van der Waals surface area contributed by atoms with Gasteiger partial charge in [-0.15, -0.1) is 0 Å². The minimum Gasteiger partial charge on any atom is -0.493 e. The molecule has 0 spiro atoms. The van der Waals surface area contributed by atoms with Crippen LogP contribution in [-0.4, -0.2) is 34.8 Å². The Bertz CT molecular complexity index is 1120. The van der Waals surface area contributed by atoms with Gasteiger partial charge < -0.3 is 14.8 Å². The van der Waals surface area contributed by atoms with E-state index in [-0.39, 0.29) is 23.7 Å². The van der Waals surface area contributed by atoms with E-state index in [1.165, 1.54) is 6.33 Å². The van der Waals surface area contributed by atoms with Gasteiger partial charge in [0.1, 0.15) is 12.1 Å². The van der Waals surface area contributed by atoms with Crippen LogP contribution >= 0.6 is 0 Å². The van der Waals surface area contributed by atoms with Crippen LogP contribution in [0.1, 0.15) is 29.5 Å². The Morgan fingerprint density at radius 2 is 1.83 bits per heavy atom. The molecular weight excluding hydrogens is 380 g/mol. The zero-order valence-corrected chi connectivity index (χ0v) is 16.8. The molecule has 5 rings (SSSR count). The predicted octanol–water partition coefficient (Wildman–Crippen LogP) is 3.57. The normalized spacial score (nSPS) is 22.4. The number of hydrogen-bond donors (Lipinski definition) is 1. The number of hydrogen-bond acceptors (Lipinski definition) is 6. The molecule has 0 radical (unpaired) electrons. The Morgan fingerprint density at radius 3 is 2.60 bits per heavy atom. The highest BCUT2D eigenvalue weighted by molar-refractivity contribution is 5.88. The van der Waals surface area contributed by atoms with Gasteiger partial charge in [-0.1, -0.05) is 42.5 Å². The first kappa shape index (κ1) is 18.4. The van der Waals surface area contributed by atoms with Crippen molar-refractivity contribution in [2.24, 2.45) is 5.92 Å². The summed E-state index contributed by atoms with van der Waals surface area (Å²) in [5.74, 6) is 1.74. The van der Waals surface area contributed by atoms with Gasteiger partial charge in [-0.25, -0.2) is 4.68 Å². The van der Waals surface area contributed by atoms with E-state index in [1.807, 2.05) is 36.4 Å². The van der Waals surface area contributed by atoms with Crippen LogP contribution in [0.15, 0.2) is 66.6 Å². The van der Waals surface area contributed by atoms with E-state index in [9.17, 15) is 4.79 Å². The van der Waals surface area contributed by atoms with Crippen molar-refractivity contribution in [3.05, 3.63) is 77.8 Å². The van der Waals surface area contributed by atoms with E-state index in [1.54, 1.807) is 18.9 Å². The van der Waals surface area contributed by atoms with Crippen molar-refractivity contribution in [3.8, 4) is 11.5 Å². The lowest BCUT2D eigenvalue weighted by Crippen LogP contribution is -2.40. The summed E-state index contributed by atoms with van der Waals surface area (Å²) in [6, 6.07) is 15.5. The van der Waals surface area contributed by atoms with Gasteiger partial charge in [-0.3, -0.25) is 4.79 Å². The quantitative estimate of drug-likeness (QED) is 0.719. The number of nitrogens with one attached hydrogen (secondary N) is 1. The molecule has 0 fully saturated rings. The van der Waals surface area contributed by atoms with Gasteiger partial charge in [0.05, 0.1) is 26.2 Å². The number of anilines is 1. The van der Waals surface area contributed by atoms with Gasteiger partial charge in [0.2, 0.25) is 5.95 Å². The van der Waals surface area contributed by atoms with Crippen LogP contribution in [0.25, 0.3) is 0 Å². The molecule has 0 saturated carbocycles. The highest BCUT2D eigenvalue weighted by Crippen LogP contribution is 2.45. The van der Waals surface area contributed by atoms with Gasteiger partial charge in [0, 0.05) is 18.0 Å². The molecular formula is C23H22N4O3. The summed E-state index contributed by atoms with van der Waals surface area (Å²) < 4.78 is 12.6. The summed E-state index contributed by atoms with van der Waals surface area (Å²) in [6.45, 7) is 0. The Balaban J connectivity index is 1.61. The average Bonchev–Trinajstić information content (AvgIpc) is 3.25. The van der Waals surface area contributed by atoms with Crippen LogP contribution < -0.4 is 14.8 Å². The van der Waals surface area contributed by atoms with Gasteiger partial charge in [-0.05, 0) is 23.3 Å². The number of carbonyl (C=O) groups excluding carboxylic acids is 1. The highest BCUT2D eigenvalue weighted by Gasteiger charge is 2.43. The fourth-order valence-corrected chi connectivity index (χ4v) is 4.46. The smallest absolute Gasteiger partial charge is 0.226 e. The lowest BCUT2D eigenvalue weighted by Gasteiger charge is -2.38. The molecule has 0 amide bonds. The number of Topliss-reactive ketones (excluding diaryl/α,β-unsaturated/α-hetero) is 1. The maximum atomic E-state index is 13.4. The zero-order valence-electron chi connectivity index (χ0n) is 16.8. The predicted molar refractivity (Wildman–Crippen MR) is 112 cm³/mol. The highest BCUT2D eigenvalue weighted by atomic mass is 16.5. The molecule has 3 aromatic rings. The van der Waals surface area contributed by atoms with E-state index < -0.39 is 0 Å². The number of carbonyl (C=O) groups is 1. The minimum atomic E-state index is -0.364. The monoisotopic (exact) mass is 402 g/mol. The molecule has 3 atom stereocenters. The fourth-order valence-electron chi connectivity index (χ4n) is 4.46. The third kappa shape index (κ3) is 2.94. The number of rotatable bonds is 4. The molecule has 0 unspecified atom stereocenters. The van der Waals surface area contributed by atoms with Crippen LogP contribution in [0.2, 0.25) is 0 Å². The molecule has 7 nitrogen and oxygen atoms in total. The Labute approximate surface area is 174 Å². The molecule has 2 heterocycles. The number of allylic oxidation sites excluding steroid dienone is 2. The first-order valence-corrected chi connectivity index (χ1v) is 9.87. The van der Waals surface area contributed by atoms with E-state index in [2.05, 4.69) is 33.6 Å². The summed E-state index contributed by atoms with van der Waals surface area (Å²) in [5, 5.41) is 7.74. The van der Waals surface area contributed by atoms with Gasteiger partial charge in [0.25, 0.3) is 0 Å². The molecule has 152 valence electrons. The zero-order chi connectivity index (χ0) is 20.7. The van der Waals surface area contributed by atoms with Crippen LogP contribution in [-0.2, 0) is 4.79 Å². The van der Waals surface area contributed by atoms with Crippen molar-refractivity contribution in [1.82, 2.24) is 14.8 Å². The molecule has 1 aliphatic carbocycles. The first-order chi connectivity index (χ1) is 14.7. The van der Waals surface area contributed by atoms with Crippen LogP contribution in [0.3, 0.4) is 0 Å². The summed E-state index contributed by atoms with van der Waals surface area (Å²) in [7, 11) is 3.21. The number of fused-ring (bicyclic) bond motifs is 2. The lowest BCUT2D eigenvalue weighted by molar-refractivity contribution is -0.123. The molecule has 7 heteroatoms. The average molecular weight is 402 g/mol. The summed E-state index contributed by atoms with van der Waals surface area (Å²) in [4.78, 5) is 17.8. The molecule has 0 bridgehead atoms. The van der Waals surface area contributed by atoms with Crippen molar-refractivity contribution in [2.45, 2.75) is 18.4 Å². The number of nitrogens with zero attached hydrogens (tertiary/aromatic N) is 3. The Kier molecular flexibility index (Phi) is 4.50. The van der Waals surface area contributed by atoms with Gasteiger partial charge in [0.15, 0.2) is 11.5 Å².